The van der Waals surface area contributed by atoms with Crippen molar-refractivity contribution in [1.29, 1.82) is 0 Å². The van der Waals surface area contributed by atoms with Crippen molar-refractivity contribution in [3.8, 4) is 0 Å². The average Bonchev–Trinajstić information content (AvgIpc) is 2.76. The summed E-state index contributed by atoms with van der Waals surface area (Å²) in [5.74, 6) is 0.245. The van der Waals surface area contributed by atoms with E-state index in [1.165, 1.54) is 16.8 Å². The number of amides is 1. The van der Waals surface area contributed by atoms with E-state index < -0.39 is 0 Å². The highest BCUT2D eigenvalue weighted by molar-refractivity contribution is 6.30. The number of halogens is 1. The molecule has 1 amide bonds. The van der Waals surface area contributed by atoms with Crippen molar-refractivity contribution >= 4 is 23.2 Å². The summed E-state index contributed by atoms with van der Waals surface area (Å²) in [7, 11) is 2.09. The van der Waals surface area contributed by atoms with Crippen LogP contribution < -0.4 is 4.90 Å². The van der Waals surface area contributed by atoms with Crippen molar-refractivity contribution in [3.05, 3.63) is 64.7 Å². The minimum atomic E-state index is 0.245. The Balaban J connectivity index is 1.56. The Kier molecular flexibility index (Phi) is 5.41. The summed E-state index contributed by atoms with van der Waals surface area (Å²) in [5, 5.41) is 0.752. The predicted octanol–water partition coefficient (Wildman–Crippen LogP) is 4.14. The molecule has 0 aliphatic carbocycles. The molecule has 126 valence electrons. The lowest BCUT2D eigenvalue weighted by Gasteiger charge is -2.21. The van der Waals surface area contributed by atoms with Crippen LogP contribution in [0.15, 0.2) is 48.5 Å². The van der Waals surface area contributed by atoms with Crippen LogP contribution in [-0.4, -0.2) is 30.9 Å². The van der Waals surface area contributed by atoms with Gasteiger partial charge in [0, 0.05) is 43.8 Å². The summed E-state index contributed by atoms with van der Waals surface area (Å²) in [5.41, 5.74) is 3.69. The van der Waals surface area contributed by atoms with Crippen molar-refractivity contribution in [2.75, 3.05) is 25.0 Å². The molecule has 0 atom stereocenters. The van der Waals surface area contributed by atoms with E-state index in [4.69, 9.17) is 11.6 Å². The van der Waals surface area contributed by atoms with Gasteiger partial charge in [-0.2, -0.15) is 0 Å². The number of carbonyl (C=O) groups is 1. The lowest BCUT2D eigenvalue weighted by molar-refractivity contribution is -0.131. The van der Waals surface area contributed by atoms with Gasteiger partial charge in [0.2, 0.25) is 5.91 Å². The molecule has 1 heterocycles. The molecule has 0 spiro atoms. The maximum atomic E-state index is 12.6. The summed E-state index contributed by atoms with van der Waals surface area (Å²) in [4.78, 5) is 16.8. The first kappa shape index (κ1) is 16.8. The Morgan fingerprint density at radius 2 is 1.83 bits per heavy atom. The second-order valence-electron chi connectivity index (χ2n) is 6.35. The Labute approximate surface area is 148 Å². The van der Waals surface area contributed by atoms with Gasteiger partial charge in [-0.1, -0.05) is 41.9 Å². The van der Waals surface area contributed by atoms with Crippen LogP contribution in [0.5, 0.6) is 0 Å². The molecule has 3 rings (SSSR count). The van der Waals surface area contributed by atoms with Crippen molar-refractivity contribution in [2.24, 2.45) is 0 Å². The number of hydrogen-bond acceptors (Lipinski definition) is 2. The SMILES string of the molecule is CN1CCN(C(=O)CCCc2ccc(Cl)cc2)Cc2ccccc21. The summed E-state index contributed by atoms with van der Waals surface area (Å²) in [6.07, 6.45) is 2.37. The van der Waals surface area contributed by atoms with Gasteiger partial charge in [-0.15, -0.1) is 0 Å². The van der Waals surface area contributed by atoms with Crippen LogP contribution in [0.3, 0.4) is 0 Å². The van der Waals surface area contributed by atoms with E-state index in [0.29, 0.717) is 13.0 Å². The Hall–Kier alpha value is -2.00. The van der Waals surface area contributed by atoms with E-state index in [2.05, 4.69) is 30.1 Å². The van der Waals surface area contributed by atoms with Gasteiger partial charge in [0.1, 0.15) is 0 Å². The second kappa shape index (κ2) is 7.71. The molecular weight excluding hydrogens is 320 g/mol. The summed E-state index contributed by atoms with van der Waals surface area (Å²) in [6, 6.07) is 16.2. The number of aryl methyl sites for hydroxylation is 1. The smallest absolute Gasteiger partial charge is 0.222 e. The zero-order valence-electron chi connectivity index (χ0n) is 14.0. The first-order chi connectivity index (χ1) is 11.6. The number of para-hydroxylation sites is 1. The normalized spacial score (nSPS) is 14.2. The van der Waals surface area contributed by atoms with Gasteiger partial charge in [-0.25, -0.2) is 0 Å². The van der Waals surface area contributed by atoms with E-state index in [-0.39, 0.29) is 5.91 Å². The van der Waals surface area contributed by atoms with Crippen LogP contribution in [0.4, 0.5) is 5.69 Å². The molecule has 24 heavy (non-hydrogen) atoms. The third-order valence-electron chi connectivity index (χ3n) is 4.59. The summed E-state index contributed by atoms with van der Waals surface area (Å²) < 4.78 is 0. The maximum absolute atomic E-state index is 12.6. The third-order valence-corrected chi connectivity index (χ3v) is 4.84. The van der Waals surface area contributed by atoms with Crippen LogP contribution in [-0.2, 0) is 17.8 Å². The zero-order valence-corrected chi connectivity index (χ0v) is 14.8. The number of carbonyl (C=O) groups excluding carboxylic acids is 1. The predicted molar refractivity (Wildman–Crippen MR) is 99.5 cm³/mol. The number of nitrogens with zero attached hydrogens (tertiary/aromatic N) is 2. The number of anilines is 1. The minimum absolute atomic E-state index is 0.245. The standard InChI is InChI=1S/C20H23ClN2O/c1-22-13-14-23(15-17-6-2-3-7-19(17)22)20(24)8-4-5-16-9-11-18(21)12-10-16/h2-3,6-7,9-12H,4-5,8,13-15H2,1H3. The lowest BCUT2D eigenvalue weighted by atomic mass is 10.1. The minimum Gasteiger partial charge on any atom is -0.373 e. The first-order valence-corrected chi connectivity index (χ1v) is 8.82. The number of likely N-dealkylation sites (N-methyl/N-ethyl adjacent to an activating group) is 1. The molecule has 4 heteroatoms. The fourth-order valence-electron chi connectivity index (χ4n) is 3.16. The summed E-state index contributed by atoms with van der Waals surface area (Å²) >= 11 is 5.90. The molecule has 2 aromatic carbocycles. The molecule has 2 aromatic rings. The van der Waals surface area contributed by atoms with Crippen molar-refractivity contribution in [3.63, 3.8) is 0 Å². The van der Waals surface area contributed by atoms with Crippen LogP contribution >= 0.6 is 11.6 Å². The molecule has 0 saturated heterocycles. The molecule has 0 aromatic heterocycles. The Bertz CT molecular complexity index is 699. The van der Waals surface area contributed by atoms with Crippen LogP contribution in [0.25, 0.3) is 0 Å². The topological polar surface area (TPSA) is 23.6 Å². The molecule has 1 aliphatic rings. The molecule has 0 N–H and O–H groups in total. The quantitative estimate of drug-likeness (QED) is 0.833. The van der Waals surface area contributed by atoms with Crippen molar-refractivity contribution < 1.29 is 4.79 Å². The Morgan fingerprint density at radius 3 is 2.62 bits per heavy atom. The lowest BCUT2D eigenvalue weighted by Crippen LogP contribution is -2.34. The third kappa shape index (κ3) is 4.09. The van der Waals surface area contributed by atoms with E-state index in [1.807, 2.05) is 35.2 Å². The highest BCUT2D eigenvalue weighted by Crippen LogP contribution is 2.24. The van der Waals surface area contributed by atoms with E-state index in [9.17, 15) is 4.79 Å². The molecule has 3 nitrogen and oxygen atoms in total. The van der Waals surface area contributed by atoms with Crippen molar-refractivity contribution in [1.82, 2.24) is 4.90 Å². The maximum Gasteiger partial charge on any atom is 0.222 e. The first-order valence-electron chi connectivity index (χ1n) is 8.45. The van der Waals surface area contributed by atoms with E-state index in [0.717, 1.165) is 31.0 Å². The molecule has 0 fully saturated rings. The zero-order chi connectivity index (χ0) is 16.9. The van der Waals surface area contributed by atoms with Crippen LogP contribution in [0, 0.1) is 0 Å². The van der Waals surface area contributed by atoms with Crippen molar-refractivity contribution in [2.45, 2.75) is 25.8 Å². The van der Waals surface area contributed by atoms with Gasteiger partial charge >= 0.3 is 0 Å². The fourth-order valence-corrected chi connectivity index (χ4v) is 3.28. The number of rotatable bonds is 4. The van der Waals surface area contributed by atoms with Gasteiger partial charge in [-0.05, 0) is 42.2 Å². The molecule has 0 radical (unpaired) electrons. The molecule has 0 saturated carbocycles. The fraction of sp³-hybridized carbons (Fsp3) is 0.350. The number of fused-ring (bicyclic) bond motifs is 1. The van der Waals surface area contributed by atoms with Gasteiger partial charge < -0.3 is 9.80 Å². The summed E-state index contributed by atoms with van der Waals surface area (Å²) in [6.45, 7) is 2.37. The van der Waals surface area contributed by atoms with E-state index in [1.54, 1.807) is 0 Å². The Morgan fingerprint density at radius 1 is 1.08 bits per heavy atom. The van der Waals surface area contributed by atoms with Gasteiger partial charge in [-0.3, -0.25) is 4.79 Å². The van der Waals surface area contributed by atoms with Crippen LogP contribution in [0.1, 0.15) is 24.0 Å². The van der Waals surface area contributed by atoms with Gasteiger partial charge in [0.15, 0.2) is 0 Å². The largest absolute Gasteiger partial charge is 0.373 e. The highest BCUT2D eigenvalue weighted by Gasteiger charge is 2.20. The van der Waals surface area contributed by atoms with Gasteiger partial charge in [0.05, 0.1) is 0 Å². The second-order valence-corrected chi connectivity index (χ2v) is 6.78. The van der Waals surface area contributed by atoms with Crippen LogP contribution in [0.2, 0.25) is 5.02 Å². The number of benzene rings is 2. The molecule has 0 unspecified atom stereocenters. The molecule has 0 bridgehead atoms. The number of hydrogen-bond donors (Lipinski definition) is 0. The monoisotopic (exact) mass is 342 g/mol. The van der Waals surface area contributed by atoms with Gasteiger partial charge in [0.25, 0.3) is 0 Å². The average molecular weight is 343 g/mol. The van der Waals surface area contributed by atoms with E-state index >= 15 is 0 Å². The highest BCUT2D eigenvalue weighted by atomic mass is 35.5. The molecule has 1 aliphatic heterocycles. The molecular formula is C20H23ClN2O.